The number of rotatable bonds is 5. The molecule has 2 atom stereocenters. The lowest BCUT2D eigenvalue weighted by Gasteiger charge is -2.34. The van der Waals surface area contributed by atoms with Gasteiger partial charge in [-0.2, -0.15) is 0 Å². The molecule has 0 radical (unpaired) electrons. The van der Waals surface area contributed by atoms with Gasteiger partial charge in [0.05, 0.1) is 13.0 Å². The summed E-state index contributed by atoms with van der Waals surface area (Å²) < 4.78 is 4.50. The van der Waals surface area contributed by atoms with E-state index >= 15 is 0 Å². The first-order valence-electron chi connectivity index (χ1n) is 6.76. The smallest absolute Gasteiger partial charge is 0.317 e. The van der Waals surface area contributed by atoms with Gasteiger partial charge < -0.3 is 20.1 Å². The minimum atomic E-state index is -0.861. The molecule has 0 bridgehead atoms. The third-order valence-corrected chi connectivity index (χ3v) is 3.36. The number of piperidine rings is 1. The minimum absolute atomic E-state index is 0.172. The van der Waals surface area contributed by atoms with Crippen LogP contribution in [0.15, 0.2) is 0 Å². The van der Waals surface area contributed by atoms with Gasteiger partial charge in [-0.05, 0) is 18.8 Å². The number of methoxy groups -OCH3 is 1. The molecule has 1 heterocycles. The molecule has 0 aromatic carbocycles. The van der Waals surface area contributed by atoms with Crippen LogP contribution in [0.3, 0.4) is 0 Å². The summed E-state index contributed by atoms with van der Waals surface area (Å²) in [5.41, 5.74) is 0. The van der Waals surface area contributed by atoms with Crippen molar-refractivity contribution in [2.45, 2.75) is 26.2 Å². The van der Waals surface area contributed by atoms with Crippen molar-refractivity contribution in [3.8, 4) is 0 Å². The van der Waals surface area contributed by atoms with Crippen molar-refractivity contribution in [3.05, 3.63) is 0 Å². The zero-order valence-electron chi connectivity index (χ0n) is 11.9. The molecule has 0 aromatic rings. The largest absolute Gasteiger partial charge is 0.481 e. The Balaban J connectivity index is 2.35. The lowest BCUT2D eigenvalue weighted by Crippen LogP contribution is -2.49. The monoisotopic (exact) mass is 286 g/mol. The van der Waals surface area contributed by atoms with E-state index in [1.807, 2.05) is 6.92 Å². The standard InChI is InChI=1S/C13H22N2O5/c1-9-6-10(12(17)18)8-15(7-9)13(19)14-5-3-4-11(16)20-2/h9-10H,3-8H2,1-2H3,(H,14,19)(H,17,18). The number of nitrogens with zero attached hydrogens (tertiary/aromatic N) is 1. The Kier molecular flexibility index (Phi) is 6.27. The van der Waals surface area contributed by atoms with Crippen molar-refractivity contribution < 1.29 is 24.2 Å². The number of carbonyl (C=O) groups excluding carboxylic acids is 2. The summed E-state index contributed by atoms with van der Waals surface area (Å²) >= 11 is 0. The first-order chi connectivity index (χ1) is 9.43. The van der Waals surface area contributed by atoms with E-state index in [1.165, 1.54) is 12.0 Å². The summed E-state index contributed by atoms with van der Waals surface area (Å²) in [5.74, 6) is -1.50. The van der Waals surface area contributed by atoms with Gasteiger partial charge >= 0.3 is 18.0 Å². The van der Waals surface area contributed by atoms with Crippen LogP contribution in [0.25, 0.3) is 0 Å². The van der Waals surface area contributed by atoms with Crippen LogP contribution in [0.5, 0.6) is 0 Å². The number of ether oxygens (including phenoxy) is 1. The Labute approximate surface area is 118 Å². The second-order valence-electron chi connectivity index (χ2n) is 5.19. The number of carboxylic acid groups (broad SMARTS) is 1. The molecule has 1 fully saturated rings. The van der Waals surface area contributed by atoms with Crippen LogP contribution in [-0.2, 0) is 14.3 Å². The molecule has 7 heteroatoms. The van der Waals surface area contributed by atoms with Crippen molar-refractivity contribution in [1.29, 1.82) is 0 Å². The molecule has 0 saturated carbocycles. The molecule has 2 amide bonds. The van der Waals surface area contributed by atoms with E-state index in [9.17, 15) is 14.4 Å². The summed E-state index contributed by atoms with van der Waals surface area (Å²) in [6, 6.07) is -0.271. The molecule has 20 heavy (non-hydrogen) atoms. The second kappa shape index (κ2) is 7.72. The van der Waals surface area contributed by atoms with Crippen molar-refractivity contribution in [3.63, 3.8) is 0 Å². The van der Waals surface area contributed by atoms with Gasteiger partial charge in [0, 0.05) is 26.1 Å². The van der Waals surface area contributed by atoms with E-state index in [0.29, 0.717) is 25.9 Å². The summed E-state index contributed by atoms with van der Waals surface area (Å²) in [6.07, 6.45) is 1.36. The number of hydrogen-bond donors (Lipinski definition) is 2. The number of urea groups is 1. The molecule has 0 aliphatic carbocycles. The average molecular weight is 286 g/mol. The predicted molar refractivity (Wildman–Crippen MR) is 71.1 cm³/mol. The molecule has 0 aromatic heterocycles. The number of carboxylic acids is 1. The highest BCUT2D eigenvalue weighted by molar-refractivity contribution is 5.76. The summed E-state index contributed by atoms with van der Waals surface area (Å²) in [4.78, 5) is 35.4. The number of amides is 2. The zero-order valence-corrected chi connectivity index (χ0v) is 11.9. The fourth-order valence-corrected chi connectivity index (χ4v) is 2.34. The van der Waals surface area contributed by atoms with Crippen LogP contribution in [0, 0.1) is 11.8 Å². The van der Waals surface area contributed by atoms with Crippen LogP contribution >= 0.6 is 0 Å². The number of nitrogens with one attached hydrogen (secondary N) is 1. The van der Waals surface area contributed by atoms with Gasteiger partial charge in [0.2, 0.25) is 0 Å². The Morgan fingerprint density at radius 1 is 1.35 bits per heavy atom. The van der Waals surface area contributed by atoms with Gasteiger partial charge in [0.1, 0.15) is 0 Å². The van der Waals surface area contributed by atoms with E-state index in [-0.39, 0.29) is 30.9 Å². The van der Waals surface area contributed by atoms with Crippen molar-refractivity contribution in [2.75, 3.05) is 26.7 Å². The maximum atomic E-state index is 11.9. The zero-order chi connectivity index (χ0) is 15.1. The fraction of sp³-hybridized carbons (Fsp3) is 0.769. The van der Waals surface area contributed by atoms with E-state index in [1.54, 1.807) is 0 Å². The molecular weight excluding hydrogens is 264 g/mol. The maximum Gasteiger partial charge on any atom is 0.317 e. The van der Waals surface area contributed by atoms with Gasteiger partial charge in [-0.1, -0.05) is 6.92 Å². The van der Waals surface area contributed by atoms with Crippen molar-refractivity contribution in [1.82, 2.24) is 10.2 Å². The van der Waals surface area contributed by atoms with E-state index in [4.69, 9.17) is 5.11 Å². The molecule has 2 N–H and O–H groups in total. The predicted octanol–water partition coefficient (Wildman–Crippen LogP) is 0.692. The molecule has 2 unspecified atom stereocenters. The quantitative estimate of drug-likeness (QED) is 0.572. The molecular formula is C13H22N2O5. The van der Waals surface area contributed by atoms with Crippen LogP contribution in [0.1, 0.15) is 26.2 Å². The van der Waals surface area contributed by atoms with E-state index in [0.717, 1.165) is 0 Å². The lowest BCUT2D eigenvalue weighted by atomic mass is 9.91. The topological polar surface area (TPSA) is 95.9 Å². The summed E-state index contributed by atoms with van der Waals surface area (Å²) in [5, 5.41) is 11.7. The minimum Gasteiger partial charge on any atom is -0.481 e. The third kappa shape index (κ3) is 5.07. The molecule has 1 aliphatic heterocycles. The van der Waals surface area contributed by atoms with Gasteiger partial charge in [0.15, 0.2) is 0 Å². The molecule has 1 saturated heterocycles. The van der Waals surface area contributed by atoms with E-state index in [2.05, 4.69) is 10.1 Å². The number of aliphatic carboxylic acids is 1. The van der Waals surface area contributed by atoms with Crippen LogP contribution in [0.2, 0.25) is 0 Å². The van der Waals surface area contributed by atoms with Gasteiger partial charge in [-0.15, -0.1) is 0 Å². The van der Waals surface area contributed by atoms with Gasteiger partial charge in [0.25, 0.3) is 0 Å². The Bertz CT molecular complexity index is 372. The van der Waals surface area contributed by atoms with Gasteiger partial charge in [-0.25, -0.2) is 4.79 Å². The molecule has 1 aliphatic rings. The van der Waals surface area contributed by atoms with Crippen LogP contribution < -0.4 is 5.32 Å². The Morgan fingerprint density at radius 3 is 2.65 bits per heavy atom. The molecule has 1 rings (SSSR count). The van der Waals surface area contributed by atoms with Crippen LogP contribution in [-0.4, -0.2) is 54.7 Å². The SMILES string of the molecule is COC(=O)CCCNC(=O)N1CC(C)CC(C(=O)O)C1. The van der Waals surface area contributed by atoms with Crippen molar-refractivity contribution >= 4 is 18.0 Å². The molecule has 0 spiro atoms. The Morgan fingerprint density at radius 2 is 2.05 bits per heavy atom. The highest BCUT2D eigenvalue weighted by Gasteiger charge is 2.31. The Hall–Kier alpha value is -1.79. The highest BCUT2D eigenvalue weighted by atomic mass is 16.5. The summed E-state index contributed by atoms with van der Waals surface area (Å²) in [6.45, 7) is 3.11. The molecule has 114 valence electrons. The second-order valence-corrected chi connectivity index (χ2v) is 5.19. The van der Waals surface area contributed by atoms with Crippen LogP contribution in [0.4, 0.5) is 4.79 Å². The summed E-state index contributed by atoms with van der Waals surface area (Å²) in [7, 11) is 1.32. The fourth-order valence-electron chi connectivity index (χ4n) is 2.34. The molecule has 7 nitrogen and oxygen atoms in total. The number of hydrogen-bond acceptors (Lipinski definition) is 4. The lowest BCUT2D eigenvalue weighted by molar-refractivity contribution is -0.144. The number of carbonyl (C=O) groups is 3. The van der Waals surface area contributed by atoms with Gasteiger partial charge in [-0.3, -0.25) is 9.59 Å². The maximum absolute atomic E-state index is 11.9. The number of esters is 1. The third-order valence-electron chi connectivity index (χ3n) is 3.36. The first kappa shape index (κ1) is 16.3. The average Bonchev–Trinajstić information content (AvgIpc) is 2.42. The van der Waals surface area contributed by atoms with Crippen molar-refractivity contribution in [2.24, 2.45) is 11.8 Å². The first-order valence-corrected chi connectivity index (χ1v) is 6.76. The highest BCUT2D eigenvalue weighted by Crippen LogP contribution is 2.21. The number of likely N-dealkylation sites (tertiary alicyclic amines) is 1. The van der Waals surface area contributed by atoms with E-state index < -0.39 is 11.9 Å². The normalized spacial score (nSPS) is 22.2.